The number of aryl methyl sites for hydroxylation is 1. The number of hydrogen-bond donors (Lipinski definition) is 3. The predicted octanol–water partition coefficient (Wildman–Crippen LogP) is 1.03. The molecule has 0 saturated carbocycles. The van der Waals surface area contributed by atoms with Crippen molar-refractivity contribution in [2.45, 2.75) is 32.4 Å². The maximum Gasteiger partial charge on any atom is 0.248 e. The number of likely N-dealkylation sites (tertiary alicyclic amines) is 1. The van der Waals surface area contributed by atoms with Gasteiger partial charge in [0.25, 0.3) is 0 Å². The summed E-state index contributed by atoms with van der Waals surface area (Å²) in [5.74, 6) is -0.0795. The number of aromatic amines is 1. The van der Waals surface area contributed by atoms with Gasteiger partial charge >= 0.3 is 0 Å². The Labute approximate surface area is 158 Å². The average molecular weight is 367 g/mol. The first kappa shape index (κ1) is 19.1. The van der Waals surface area contributed by atoms with E-state index >= 15 is 0 Å². The van der Waals surface area contributed by atoms with Gasteiger partial charge in [-0.3, -0.25) is 14.5 Å². The van der Waals surface area contributed by atoms with Crippen LogP contribution in [-0.2, 0) is 11.3 Å². The molecule has 142 valence electrons. The highest BCUT2D eigenvalue weighted by molar-refractivity contribution is 5.82. The van der Waals surface area contributed by atoms with E-state index in [0.29, 0.717) is 19.6 Å². The quantitative estimate of drug-likeness (QED) is 0.635. The number of fused-ring (bicyclic) bond motifs is 1. The fraction of sp³-hybridized carbons (Fsp3) is 0.450. The van der Waals surface area contributed by atoms with Crippen molar-refractivity contribution in [2.75, 3.05) is 26.2 Å². The van der Waals surface area contributed by atoms with E-state index in [2.05, 4.69) is 26.6 Å². The number of nitriles is 1. The first-order valence-corrected chi connectivity index (χ1v) is 9.28. The van der Waals surface area contributed by atoms with Gasteiger partial charge in [-0.15, -0.1) is 0 Å². The van der Waals surface area contributed by atoms with Crippen molar-refractivity contribution < 1.29 is 4.79 Å². The molecule has 1 aromatic carbocycles. The summed E-state index contributed by atoms with van der Waals surface area (Å²) >= 11 is 0. The summed E-state index contributed by atoms with van der Waals surface area (Å²) in [6, 6.07) is 9.89. The van der Waals surface area contributed by atoms with Gasteiger partial charge in [-0.05, 0) is 44.0 Å². The summed E-state index contributed by atoms with van der Waals surface area (Å²) in [7, 11) is 0. The number of hydrogen-bond acceptors (Lipinski definition) is 5. The average Bonchev–Trinajstić information content (AvgIpc) is 3.08. The normalized spacial score (nSPS) is 17.1. The Morgan fingerprint density at radius 3 is 3.07 bits per heavy atom. The molecule has 2 heterocycles. The molecule has 1 saturated heterocycles. The highest BCUT2D eigenvalue weighted by atomic mass is 16.2. The minimum atomic E-state index is -0.147. The number of benzene rings is 1. The van der Waals surface area contributed by atoms with Crippen LogP contribution in [0.1, 0.15) is 24.0 Å². The van der Waals surface area contributed by atoms with E-state index < -0.39 is 0 Å². The molecule has 27 heavy (non-hydrogen) atoms. The number of nitrogens with zero attached hydrogens (tertiary/aromatic N) is 2. The highest BCUT2D eigenvalue weighted by Gasteiger charge is 2.24. The van der Waals surface area contributed by atoms with Crippen molar-refractivity contribution in [3.63, 3.8) is 0 Å². The number of pyridine rings is 1. The van der Waals surface area contributed by atoms with Gasteiger partial charge in [0.2, 0.25) is 11.5 Å². The number of amides is 1. The van der Waals surface area contributed by atoms with Crippen molar-refractivity contribution in [3.8, 4) is 6.07 Å². The standard InChI is InChI=1S/C20H25N5O2/c1-14-4-5-18-17(9-14)15(10-19(26)24-18)11-22-13-20(27)23-12-16-3-2-7-25(16)8-6-21/h4-5,9-10,16,22H,2-3,7-8,11-13H2,1H3,(H,23,27)(H,24,26)/t16-/m0/s1. The smallest absolute Gasteiger partial charge is 0.248 e. The maximum absolute atomic E-state index is 12.1. The molecule has 7 nitrogen and oxygen atoms in total. The lowest BCUT2D eigenvalue weighted by molar-refractivity contribution is -0.120. The Balaban J connectivity index is 1.52. The molecule has 0 radical (unpaired) electrons. The van der Waals surface area contributed by atoms with Crippen LogP contribution in [0.25, 0.3) is 10.9 Å². The highest BCUT2D eigenvalue weighted by Crippen LogP contribution is 2.17. The van der Waals surface area contributed by atoms with Gasteiger partial charge in [-0.1, -0.05) is 11.6 Å². The van der Waals surface area contributed by atoms with Gasteiger partial charge in [0.15, 0.2) is 0 Å². The van der Waals surface area contributed by atoms with Crippen LogP contribution in [-0.4, -0.2) is 48.0 Å². The molecule has 2 aromatic rings. The molecule has 1 atom stereocenters. The lowest BCUT2D eigenvalue weighted by Gasteiger charge is -2.21. The summed E-state index contributed by atoms with van der Waals surface area (Å²) in [6.45, 7) is 4.53. The molecule has 1 fully saturated rings. The number of aromatic nitrogens is 1. The molecule has 1 aliphatic rings. The monoisotopic (exact) mass is 367 g/mol. The number of nitrogens with one attached hydrogen (secondary N) is 3. The Morgan fingerprint density at radius 1 is 1.41 bits per heavy atom. The zero-order valence-corrected chi connectivity index (χ0v) is 15.5. The lowest BCUT2D eigenvalue weighted by Crippen LogP contribution is -2.42. The molecule has 1 aliphatic heterocycles. The Bertz CT molecular complexity index is 915. The zero-order chi connectivity index (χ0) is 19.2. The van der Waals surface area contributed by atoms with Crippen molar-refractivity contribution in [1.29, 1.82) is 5.26 Å². The molecule has 1 amide bonds. The van der Waals surface area contributed by atoms with Gasteiger partial charge in [0.1, 0.15) is 0 Å². The number of carbonyl (C=O) groups excluding carboxylic acids is 1. The van der Waals surface area contributed by atoms with Crippen LogP contribution in [0.2, 0.25) is 0 Å². The van der Waals surface area contributed by atoms with E-state index in [-0.39, 0.29) is 24.1 Å². The SMILES string of the molecule is Cc1ccc2[nH]c(=O)cc(CNCC(=O)NC[C@@H]3CCCN3CC#N)c2c1. The molecular formula is C20H25N5O2. The Hall–Kier alpha value is -2.69. The number of carbonyl (C=O) groups is 1. The van der Waals surface area contributed by atoms with Gasteiger partial charge in [0.05, 0.1) is 19.2 Å². The second kappa shape index (κ2) is 8.80. The number of H-pyrrole nitrogens is 1. The van der Waals surface area contributed by atoms with Crippen molar-refractivity contribution in [1.82, 2.24) is 20.5 Å². The molecule has 0 spiro atoms. The van der Waals surface area contributed by atoms with Crippen LogP contribution in [0.4, 0.5) is 0 Å². The summed E-state index contributed by atoms with van der Waals surface area (Å²) in [6.07, 6.45) is 2.07. The lowest BCUT2D eigenvalue weighted by atomic mass is 10.1. The molecule has 0 bridgehead atoms. The molecular weight excluding hydrogens is 342 g/mol. The Kier molecular flexibility index (Phi) is 6.22. The second-order valence-corrected chi connectivity index (χ2v) is 7.04. The molecule has 3 rings (SSSR count). The van der Waals surface area contributed by atoms with Gasteiger partial charge in [-0.25, -0.2) is 0 Å². The summed E-state index contributed by atoms with van der Waals surface area (Å²) in [5, 5.41) is 15.9. The molecule has 0 aliphatic carbocycles. The van der Waals surface area contributed by atoms with E-state index in [1.807, 2.05) is 25.1 Å². The van der Waals surface area contributed by atoms with Crippen LogP contribution in [0, 0.1) is 18.3 Å². The van der Waals surface area contributed by atoms with Crippen molar-refractivity contribution in [3.05, 3.63) is 45.7 Å². The van der Waals surface area contributed by atoms with Crippen LogP contribution in [0.5, 0.6) is 0 Å². The summed E-state index contributed by atoms with van der Waals surface area (Å²) in [5.41, 5.74) is 2.65. The minimum absolute atomic E-state index is 0.0795. The first-order chi connectivity index (χ1) is 13.1. The van der Waals surface area contributed by atoms with E-state index in [0.717, 1.165) is 41.4 Å². The third-order valence-electron chi connectivity index (χ3n) is 4.99. The fourth-order valence-electron chi connectivity index (χ4n) is 3.61. The van der Waals surface area contributed by atoms with Crippen molar-refractivity contribution >= 4 is 16.8 Å². The predicted molar refractivity (Wildman–Crippen MR) is 104 cm³/mol. The second-order valence-electron chi connectivity index (χ2n) is 7.04. The van der Waals surface area contributed by atoms with E-state index in [1.54, 1.807) is 6.07 Å². The van der Waals surface area contributed by atoms with Gasteiger partial charge in [0, 0.05) is 36.1 Å². The maximum atomic E-state index is 12.1. The van der Waals surface area contributed by atoms with Crippen LogP contribution < -0.4 is 16.2 Å². The minimum Gasteiger partial charge on any atom is -0.353 e. The fourth-order valence-corrected chi connectivity index (χ4v) is 3.61. The van der Waals surface area contributed by atoms with Gasteiger partial charge < -0.3 is 15.6 Å². The molecule has 3 N–H and O–H groups in total. The first-order valence-electron chi connectivity index (χ1n) is 9.28. The van der Waals surface area contributed by atoms with E-state index in [9.17, 15) is 9.59 Å². The summed E-state index contributed by atoms with van der Waals surface area (Å²) < 4.78 is 0. The molecule has 0 unspecified atom stereocenters. The van der Waals surface area contributed by atoms with Crippen LogP contribution in [0.15, 0.2) is 29.1 Å². The third kappa shape index (κ3) is 4.94. The van der Waals surface area contributed by atoms with Crippen LogP contribution >= 0.6 is 0 Å². The van der Waals surface area contributed by atoms with Gasteiger partial charge in [-0.2, -0.15) is 5.26 Å². The summed E-state index contributed by atoms with van der Waals surface area (Å²) in [4.78, 5) is 28.9. The molecule has 1 aromatic heterocycles. The molecule has 7 heteroatoms. The van der Waals surface area contributed by atoms with Crippen molar-refractivity contribution in [2.24, 2.45) is 0 Å². The number of rotatable bonds is 7. The Morgan fingerprint density at radius 2 is 2.26 bits per heavy atom. The van der Waals surface area contributed by atoms with E-state index in [1.165, 1.54) is 0 Å². The third-order valence-corrected chi connectivity index (χ3v) is 4.99. The zero-order valence-electron chi connectivity index (χ0n) is 15.5. The van der Waals surface area contributed by atoms with Crippen LogP contribution in [0.3, 0.4) is 0 Å². The topological polar surface area (TPSA) is 101 Å². The largest absolute Gasteiger partial charge is 0.353 e. The van der Waals surface area contributed by atoms with E-state index in [4.69, 9.17) is 5.26 Å².